The second-order valence-electron chi connectivity index (χ2n) is 5.82. The number of hydrogen-bond donors (Lipinski definition) is 2. The lowest BCUT2D eigenvalue weighted by atomic mass is 10.1. The average molecular weight is 370 g/mol. The first kappa shape index (κ1) is 18.3. The maximum absolute atomic E-state index is 12.1. The number of rotatable bonds is 4. The third-order valence-electron chi connectivity index (χ3n) is 3.88. The highest BCUT2D eigenvalue weighted by atomic mass is 16.6. The molecule has 7 nitrogen and oxygen atoms in total. The summed E-state index contributed by atoms with van der Waals surface area (Å²) in [4.78, 5) is 23.5. The molecular formula is C20H18O7. The van der Waals surface area contributed by atoms with Gasteiger partial charge in [-0.15, -0.1) is 0 Å². The largest absolute Gasteiger partial charge is 0.504 e. The van der Waals surface area contributed by atoms with E-state index < -0.39 is 18.0 Å². The van der Waals surface area contributed by atoms with Crippen molar-refractivity contribution >= 4 is 18.0 Å². The van der Waals surface area contributed by atoms with Gasteiger partial charge in [0.05, 0.1) is 13.0 Å². The quantitative estimate of drug-likeness (QED) is 0.369. The number of aromatic hydroxyl groups is 2. The summed E-state index contributed by atoms with van der Waals surface area (Å²) in [5.41, 5.74) is 1.17. The number of esters is 2. The van der Waals surface area contributed by atoms with Crippen LogP contribution >= 0.6 is 0 Å². The fourth-order valence-electron chi connectivity index (χ4n) is 2.60. The second-order valence-corrected chi connectivity index (χ2v) is 5.82. The molecule has 0 spiro atoms. The van der Waals surface area contributed by atoms with E-state index in [1.807, 2.05) is 0 Å². The molecule has 0 saturated carbocycles. The third-order valence-corrected chi connectivity index (χ3v) is 3.88. The summed E-state index contributed by atoms with van der Waals surface area (Å²) >= 11 is 0. The van der Waals surface area contributed by atoms with Crippen LogP contribution in [0.5, 0.6) is 23.0 Å². The van der Waals surface area contributed by atoms with Crippen LogP contribution in [0.1, 0.15) is 30.6 Å². The Labute approximate surface area is 155 Å². The molecule has 1 aliphatic heterocycles. The Bertz CT molecular complexity index is 901. The molecular weight excluding hydrogens is 352 g/mol. The Morgan fingerprint density at radius 2 is 2.00 bits per heavy atom. The van der Waals surface area contributed by atoms with Gasteiger partial charge in [-0.2, -0.15) is 0 Å². The first-order valence-electron chi connectivity index (χ1n) is 8.34. The van der Waals surface area contributed by atoms with Gasteiger partial charge in [0, 0.05) is 6.08 Å². The number of phenols is 2. The van der Waals surface area contributed by atoms with E-state index in [-0.39, 0.29) is 30.3 Å². The predicted molar refractivity (Wildman–Crippen MR) is 95.5 cm³/mol. The van der Waals surface area contributed by atoms with Gasteiger partial charge in [-0.1, -0.05) is 12.1 Å². The second kappa shape index (κ2) is 7.82. The smallest absolute Gasteiger partial charge is 0.330 e. The predicted octanol–water partition coefficient (Wildman–Crippen LogP) is 3.10. The summed E-state index contributed by atoms with van der Waals surface area (Å²) < 4.78 is 16.0. The van der Waals surface area contributed by atoms with Crippen molar-refractivity contribution in [3.8, 4) is 23.0 Å². The monoisotopic (exact) mass is 370 g/mol. The number of benzene rings is 2. The van der Waals surface area contributed by atoms with E-state index in [9.17, 15) is 19.8 Å². The van der Waals surface area contributed by atoms with Gasteiger partial charge in [-0.25, -0.2) is 4.79 Å². The van der Waals surface area contributed by atoms with Crippen LogP contribution in [0.3, 0.4) is 0 Å². The van der Waals surface area contributed by atoms with Crippen LogP contribution in [-0.2, 0) is 14.3 Å². The average Bonchev–Trinajstić information content (AvgIpc) is 2.80. The fraction of sp³-hybridized carbons (Fsp3) is 0.200. The lowest BCUT2D eigenvalue weighted by Crippen LogP contribution is -2.13. The van der Waals surface area contributed by atoms with Crippen LogP contribution in [-0.4, -0.2) is 28.8 Å². The van der Waals surface area contributed by atoms with Crippen molar-refractivity contribution in [3.63, 3.8) is 0 Å². The Morgan fingerprint density at radius 1 is 1.19 bits per heavy atom. The van der Waals surface area contributed by atoms with Crippen LogP contribution < -0.4 is 9.47 Å². The first-order chi connectivity index (χ1) is 13.0. The number of ether oxygens (including phenoxy) is 3. The fourth-order valence-corrected chi connectivity index (χ4v) is 2.60. The van der Waals surface area contributed by atoms with Crippen LogP contribution in [0.4, 0.5) is 0 Å². The molecule has 1 aliphatic rings. The van der Waals surface area contributed by atoms with Crippen LogP contribution in [0.2, 0.25) is 0 Å². The van der Waals surface area contributed by atoms with E-state index >= 15 is 0 Å². The standard InChI is InChI=1S/C20H18O7/c1-2-25-19(23)8-4-12-3-7-16-18(9-12)27-20(24)11-17(26-16)13-5-6-14(21)15(22)10-13/h3-10,17,21-22H,2,11H2,1H3. The maximum Gasteiger partial charge on any atom is 0.330 e. The molecule has 1 unspecified atom stereocenters. The molecule has 1 atom stereocenters. The summed E-state index contributed by atoms with van der Waals surface area (Å²) in [5.74, 6) is -0.935. The molecule has 1 heterocycles. The molecule has 0 aliphatic carbocycles. The Hall–Kier alpha value is -3.48. The van der Waals surface area contributed by atoms with Gasteiger partial charge in [0.25, 0.3) is 0 Å². The van der Waals surface area contributed by atoms with Crippen LogP contribution in [0.25, 0.3) is 6.08 Å². The van der Waals surface area contributed by atoms with Gasteiger partial charge in [0.1, 0.15) is 6.10 Å². The van der Waals surface area contributed by atoms with E-state index in [1.165, 1.54) is 18.2 Å². The summed E-state index contributed by atoms with van der Waals surface area (Å²) in [6.07, 6.45) is 2.10. The molecule has 3 rings (SSSR count). The molecule has 0 fully saturated rings. The SMILES string of the molecule is CCOC(=O)C=Cc1ccc2c(c1)OC(=O)CC(c1ccc(O)c(O)c1)O2. The summed E-state index contributed by atoms with van der Waals surface area (Å²) in [6, 6.07) is 9.16. The minimum atomic E-state index is -0.675. The molecule has 0 aromatic heterocycles. The zero-order valence-electron chi connectivity index (χ0n) is 14.5. The number of carbonyl (C=O) groups is 2. The number of fused-ring (bicyclic) bond motifs is 1. The summed E-state index contributed by atoms with van der Waals surface area (Å²) in [5, 5.41) is 19.1. The van der Waals surface area contributed by atoms with E-state index in [1.54, 1.807) is 37.3 Å². The number of carbonyl (C=O) groups excluding carboxylic acids is 2. The van der Waals surface area contributed by atoms with Gasteiger partial charge < -0.3 is 24.4 Å². The van der Waals surface area contributed by atoms with E-state index in [2.05, 4.69) is 0 Å². The molecule has 7 heteroatoms. The summed E-state index contributed by atoms with van der Waals surface area (Å²) in [7, 11) is 0. The van der Waals surface area contributed by atoms with E-state index in [0.717, 1.165) is 0 Å². The lowest BCUT2D eigenvalue weighted by Gasteiger charge is -2.16. The van der Waals surface area contributed by atoms with Gasteiger partial charge in [0.2, 0.25) is 0 Å². The molecule has 2 aromatic carbocycles. The lowest BCUT2D eigenvalue weighted by molar-refractivity contribution is -0.137. The topological polar surface area (TPSA) is 102 Å². The van der Waals surface area contributed by atoms with Crippen molar-refractivity contribution in [1.29, 1.82) is 0 Å². The van der Waals surface area contributed by atoms with E-state index in [0.29, 0.717) is 16.9 Å². The molecule has 0 radical (unpaired) electrons. The van der Waals surface area contributed by atoms with Crippen molar-refractivity contribution in [1.82, 2.24) is 0 Å². The van der Waals surface area contributed by atoms with Crippen LogP contribution in [0, 0.1) is 0 Å². The van der Waals surface area contributed by atoms with E-state index in [4.69, 9.17) is 14.2 Å². The minimum absolute atomic E-state index is 0.0626. The highest BCUT2D eigenvalue weighted by molar-refractivity contribution is 5.87. The number of phenolic OH excluding ortho intramolecular Hbond substituents is 2. The normalized spacial score (nSPS) is 16.2. The Morgan fingerprint density at radius 3 is 2.74 bits per heavy atom. The van der Waals surface area contributed by atoms with Gasteiger partial charge in [0.15, 0.2) is 23.0 Å². The zero-order valence-corrected chi connectivity index (χ0v) is 14.5. The van der Waals surface area contributed by atoms with Crippen molar-refractivity contribution in [2.24, 2.45) is 0 Å². The molecule has 140 valence electrons. The highest BCUT2D eigenvalue weighted by Gasteiger charge is 2.26. The molecule has 0 bridgehead atoms. The van der Waals surface area contributed by atoms with Crippen molar-refractivity contribution < 1.29 is 34.0 Å². The van der Waals surface area contributed by atoms with Gasteiger partial charge in [-0.05, 0) is 48.4 Å². The molecule has 0 saturated heterocycles. The maximum atomic E-state index is 12.1. The molecule has 2 aromatic rings. The third kappa shape index (κ3) is 4.38. The van der Waals surface area contributed by atoms with Gasteiger partial charge in [-0.3, -0.25) is 4.79 Å². The van der Waals surface area contributed by atoms with Crippen molar-refractivity contribution in [2.45, 2.75) is 19.4 Å². The highest BCUT2D eigenvalue weighted by Crippen LogP contribution is 2.38. The van der Waals surface area contributed by atoms with Gasteiger partial charge >= 0.3 is 11.9 Å². The first-order valence-corrected chi connectivity index (χ1v) is 8.34. The zero-order chi connectivity index (χ0) is 19.4. The molecule has 27 heavy (non-hydrogen) atoms. The van der Waals surface area contributed by atoms with Crippen molar-refractivity contribution in [2.75, 3.05) is 6.61 Å². The Kier molecular flexibility index (Phi) is 5.30. The number of hydrogen-bond acceptors (Lipinski definition) is 7. The molecule has 0 amide bonds. The van der Waals surface area contributed by atoms with Crippen molar-refractivity contribution in [3.05, 3.63) is 53.6 Å². The minimum Gasteiger partial charge on any atom is -0.504 e. The summed E-state index contributed by atoms with van der Waals surface area (Å²) in [6.45, 7) is 2.00. The Balaban J connectivity index is 1.85. The molecule has 2 N–H and O–H groups in total. The van der Waals surface area contributed by atoms with Crippen LogP contribution in [0.15, 0.2) is 42.5 Å².